The number of aryl methyl sites for hydroxylation is 1. The van der Waals surface area contributed by atoms with Crippen LogP contribution in [-0.4, -0.2) is 49.8 Å². The molecular formula is C25H29N2O7S2+. The summed E-state index contributed by atoms with van der Waals surface area (Å²) in [5, 5.41) is 13.7. The molecule has 0 aromatic heterocycles. The fraction of sp³-hybridized carbons (Fsp3) is 0.240. The van der Waals surface area contributed by atoms with Crippen LogP contribution < -0.4 is 10.3 Å². The Morgan fingerprint density at radius 3 is 2.14 bits per heavy atom. The molecule has 2 aromatic rings. The van der Waals surface area contributed by atoms with Crippen LogP contribution in [0.25, 0.3) is 5.57 Å². The number of rotatable bonds is 7. The largest absolute Gasteiger partial charge is 0.506 e. The second-order valence-corrected chi connectivity index (χ2v) is 11.0. The van der Waals surface area contributed by atoms with Crippen molar-refractivity contribution < 1.29 is 36.0 Å². The van der Waals surface area contributed by atoms with Crippen molar-refractivity contribution in [2.24, 2.45) is 0 Å². The van der Waals surface area contributed by atoms with E-state index in [9.17, 15) is 31.0 Å². The maximum atomic E-state index is 12.4. The molecule has 0 saturated heterocycles. The van der Waals surface area contributed by atoms with E-state index in [1.807, 2.05) is 52.0 Å². The minimum absolute atomic E-state index is 0.131. The second-order valence-electron chi connectivity index (χ2n) is 8.26. The minimum Gasteiger partial charge on any atom is -0.506 e. The van der Waals surface area contributed by atoms with Crippen molar-refractivity contribution in [2.45, 2.75) is 37.5 Å². The fourth-order valence-electron chi connectivity index (χ4n) is 4.06. The third kappa shape index (κ3) is 5.76. The van der Waals surface area contributed by atoms with Gasteiger partial charge in [0.2, 0.25) is 5.71 Å². The Labute approximate surface area is 211 Å². The average Bonchev–Trinajstić information content (AvgIpc) is 2.76. The summed E-state index contributed by atoms with van der Waals surface area (Å²) in [4.78, 5) is 1.43. The molecule has 5 N–H and O–H groups in total. The van der Waals surface area contributed by atoms with E-state index in [4.69, 9.17) is 0 Å². The van der Waals surface area contributed by atoms with E-state index in [0.717, 1.165) is 28.6 Å². The van der Waals surface area contributed by atoms with Gasteiger partial charge in [0.05, 0.1) is 0 Å². The number of nitrogens with one attached hydrogen (secondary N) is 2. The van der Waals surface area contributed by atoms with Crippen molar-refractivity contribution in [2.75, 3.05) is 18.4 Å². The Morgan fingerprint density at radius 2 is 1.61 bits per heavy atom. The lowest BCUT2D eigenvalue weighted by atomic mass is 9.88. The van der Waals surface area contributed by atoms with E-state index in [-0.39, 0.29) is 5.56 Å². The SMILES string of the molecule is CCNc1ccc(/C(=C2\C=CC(=[NH+]CC)C(C)=C2)c2cc(O)c(S(=O)(=O)O)cc2S(=O)(=O)O)cc1C. The van der Waals surface area contributed by atoms with E-state index in [1.165, 1.54) is 0 Å². The molecule has 0 spiro atoms. The Balaban J connectivity index is 2.46. The molecule has 0 bridgehead atoms. The predicted molar refractivity (Wildman–Crippen MR) is 139 cm³/mol. The molecule has 0 unspecified atom stereocenters. The Bertz CT molecular complexity index is 1550. The molecule has 3 rings (SSSR count). The zero-order chi connectivity index (χ0) is 26.8. The zero-order valence-electron chi connectivity index (χ0n) is 20.3. The summed E-state index contributed by atoms with van der Waals surface area (Å²) in [7, 11) is -9.96. The van der Waals surface area contributed by atoms with Gasteiger partial charge in [-0.25, -0.2) is 4.99 Å². The molecule has 0 radical (unpaired) electrons. The van der Waals surface area contributed by atoms with Crippen LogP contribution in [0.5, 0.6) is 5.75 Å². The molecule has 36 heavy (non-hydrogen) atoms. The molecule has 0 amide bonds. The van der Waals surface area contributed by atoms with Crippen LogP contribution in [0.1, 0.15) is 37.5 Å². The maximum absolute atomic E-state index is 12.4. The molecule has 11 heteroatoms. The van der Waals surface area contributed by atoms with E-state index in [2.05, 4.69) is 10.3 Å². The van der Waals surface area contributed by atoms with Crippen LogP contribution in [0.15, 0.2) is 69.5 Å². The normalized spacial score (nSPS) is 16.7. The number of phenolic OH excluding ortho intramolecular Hbond substituents is 1. The molecule has 1 aliphatic carbocycles. The van der Waals surface area contributed by atoms with Crippen LogP contribution in [0.3, 0.4) is 0 Å². The Hall–Kier alpha value is -3.25. The summed E-state index contributed by atoms with van der Waals surface area (Å²) in [6, 6.07) is 6.88. The van der Waals surface area contributed by atoms with Crippen LogP contribution >= 0.6 is 0 Å². The van der Waals surface area contributed by atoms with Gasteiger partial charge in [-0.2, -0.15) is 16.8 Å². The molecular weight excluding hydrogens is 504 g/mol. The van der Waals surface area contributed by atoms with E-state index in [1.54, 1.807) is 12.1 Å². The average molecular weight is 534 g/mol. The summed E-state index contributed by atoms with van der Waals surface area (Å²) >= 11 is 0. The summed E-state index contributed by atoms with van der Waals surface area (Å²) < 4.78 is 67.7. The third-order valence-corrected chi connectivity index (χ3v) is 7.43. The lowest BCUT2D eigenvalue weighted by Crippen LogP contribution is -2.72. The number of aromatic hydroxyl groups is 1. The second kappa shape index (κ2) is 10.4. The van der Waals surface area contributed by atoms with Crippen LogP contribution in [0.4, 0.5) is 5.69 Å². The van der Waals surface area contributed by atoms with Gasteiger partial charge in [-0.3, -0.25) is 9.11 Å². The zero-order valence-corrected chi connectivity index (χ0v) is 22.0. The topological polar surface area (TPSA) is 155 Å². The number of allylic oxidation sites excluding steroid dienone is 5. The third-order valence-electron chi connectivity index (χ3n) is 5.65. The number of anilines is 1. The van der Waals surface area contributed by atoms with Crippen molar-refractivity contribution >= 4 is 37.2 Å². The van der Waals surface area contributed by atoms with Gasteiger partial charge < -0.3 is 10.4 Å². The van der Waals surface area contributed by atoms with Gasteiger partial charge in [0.25, 0.3) is 20.2 Å². The lowest BCUT2D eigenvalue weighted by Gasteiger charge is -2.19. The first-order chi connectivity index (χ1) is 16.8. The molecule has 0 atom stereocenters. The smallest absolute Gasteiger partial charge is 0.298 e. The van der Waals surface area contributed by atoms with E-state index in [0.29, 0.717) is 35.9 Å². The predicted octanol–water partition coefficient (Wildman–Crippen LogP) is 2.49. The van der Waals surface area contributed by atoms with Crippen molar-refractivity contribution in [1.29, 1.82) is 0 Å². The molecule has 192 valence electrons. The molecule has 2 aromatic carbocycles. The number of phenols is 1. The first-order valence-electron chi connectivity index (χ1n) is 11.2. The summed E-state index contributed by atoms with van der Waals surface area (Å²) in [5.74, 6) is -0.862. The Kier molecular flexibility index (Phi) is 7.89. The van der Waals surface area contributed by atoms with Crippen molar-refractivity contribution in [1.82, 2.24) is 0 Å². The van der Waals surface area contributed by atoms with Gasteiger partial charge in [0.15, 0.2) is 0 Å². The monoisotopic (exact) mass is 533 g/mol. The standard InChI is InChI=1S/C25H28N2O7S2/c1-5-26-20-9-7-17(11-15(20)3)25(18-8-10-21(27-6-2)16(4)12-18)19-13-22(28)24(36(32,33)34)14-23(19)35(29,30)31/h7-14,26,28H,5-6H2,1-4H3,(H,29,30,31)(H,32,33,34)/p+1/b25-18-,27-21?. The van der Waals surface area contributed by atoms with Gasteiger partial charge in [-0.1, -0.05) is 6.07 Å². The number of hydrogen-bond donors (Lipinski definition) is 5. The van der Waals surface area contributed by atoms with Gasteiger partial charge in [-0.15, -0.1) is 0 Å². The highest BCUT2D eigenvalue weighted by Crippen LogP contribution is 2.39. The summed E-state index contributed by atoms with van der Waals surface area (Å²) in [5.41, 5.74) is 4.80. The number of hydrogen-bond acceptors (Lipinski definition) is 6. The van der Waals surface area contributed by atoms with Crippen molar-refractivity contribution in [3.8, 4) is 5.75 Å². The molecule has 0 heterocycles. The first kappa shape index (κ1) is 27.3. The van der Waals surface area contributed by atoms with Gasteiger partial charge in [0, 0.05) is 29.4 Å². The van der Waals surface area contributed by atoms with Crippen molar-refractivity contribution in [3.05, 3.63) is 76.4 Å². The molecule has 0 saturated carbocycles. The summed E-state index contributed by atoms with van der Waals surface area (Å²) in [6.07, 6.45) is 5.41. The quantitative estimate of drug-likeness (QED) is 0.340. The molecule has 9 nitrogen and oxygen atoms in total. The highest BCUT2D eigenvalue weighted by molar-refractivity contribution is 7.86. The molecule has 0 fully saturated rings. The highest BCUT2D eigenvalue weighted by Gasteiger charge is 2.28. The van der Waals surface area contributed by atoms with Crippen LogP contribution in [0, 0.1) is 6.92 Å². The van der Waals surface area contributed by atoms with Gasteiger partial charge in [0.1, 0.15) is 22.1 Å². The maximum Gasteiger partial charge on any atom is 0.298 e. The highest BCUT2D eigenvalue weighted by atomic mass is 32.2. The van der Waals surface area contributed by atoms with Crippen LogP contribution in [0.2, 0.25) is 0 Å². The lowest BCUT2D eigenvalue weighted by molar-refractivity contribution is -0.451. The van der Waals surface area contributed by atoms with E-state index < -0.39 is 35.8 Å². The van der Waals surface area contributed by atoms with Crippen molar-refractivity contribution in [3.63, 3.8) is 0 Å². The molecule has 0 aliphatic heterocycles. The van der Waals surface area contributed by atoms with Gasteiger partial charge >= 0.3 is 0 Å². The number of benzene rings is 2. The summed E-state index contributed by atoms with van der Waals surface area (Å²) in [6.45, 7) is 9.05. The van der Waals surface area contributed by atoms with E-state index >= 15 is 0 Å². The van der Waals surface area contributed by atoms with Gasteiger partial charge in [-0.05, 0) is 86.4 Å². The minimum atomic E-state index is -4.98. The fourth-order valence-corrected chi connectivity index (χ4v) is 5.43. The first-order valence-corrected chi connectivity index (χ1v) is 14.0. The molecule has 1 aliphatic rings. The van der Waals surface area contributed by atoms with Crippen LogP contribution in [-0.2, 0) is 20.2 Å². The Morgan fingerprint density at radius 1 is 0.944 bits per heavy atom.